The molecule has 1 aliphatic rings. The molecule has 2 aromatic rings. The third-order valence-corrected chi connectivity index (χ3v) is 9.09. The molecule has 2 radical (unpaired) electrons. The third-order valence-electron chi connectivity index (χ3n) is 6.12. The van der Waals surface area contributed by atoms with Crippen molar-refractivity contribution in [1.29, 1.82) is 0 Å². The molecule has 30 heavy (non-hydrogen) atoms. The molecule has 0 saturated carbocycles. The summed E-state index contributed by atoms with van der Waals surface area (Å²) in [5.74, 6) is 0. The fourth-order valence-electron chi connectivity index (χ4n) is 4.27. The SMILES string of the molecule is CCCCCCC[CH2][Ge][CH2]CCCCCCC.c1ccc2c(c1)Cc1ccccc1-2. The van der Waals surface area contributed by atoms with Crippen molar-refractivity contribution in [3.05, 3.63) is 59.7 Å². The Bertz CT molecular complexity index is 618. The van der Waals surface area contributed by atoms with Gasteiger partial charge in [-0.1, -0.05) is 48.5 Å². The molecule has 0 fully saturated rings. The molecule has 0 nitrogen and oxygen atoms in total. The third kappa shape index (κ3) is 9.86. The first kappa shape index (κ1) is 25.2. The Labute approximate surface area is 193 Å². The smallest absolute Gasteiger partial charge is 0.00135 e. The summed E-state index contributed by atoms with van der Waals surface area (Å²) in [4.78, 5) is 0. The van der Waals surface area contributed by atoms with E-state index < -0.39 is 0 Å². The van der Waals surface area contributed by atoms with Gasteiger partial charge in [0.05, 0.1) is 0 Å². The van der Waals surface area contributed by atoms with E-state index in [2.05, 4.69) is 62.4 Å². The van der Waals surface area contributed by atoms with Crippen LogP contribution in [0.25, 0.3) is 11.1 Å². The van der Waals surface area contributed by atoms with E-state index in [0.717, 1.165) is 6.42 Å². The summed E-state index contributed by atoms with van der Waals surface area (Å²) >= 11 is 0.448. The zero-order valence-corrected chi connectivity index (χ0v) is 21.8. The van der Waals surface area contributed by atoms with E-state index in [-0.39, 0.29) is 0 Å². The molecule has 0 unspecified atom stereocenters. The van der Waals surface area contributed by atoms with Crippen LogP contribution in [0.1, 0.15) is 102 Å². The summed E-state index contributed by atoms with van der Waals surface area (Å²) in [7, 11) is 0. The molecule has 1 heteroatoms. The Morgan fingerprint density at radius 3 is 1.40 bits per heavy atom. The van der Waals surface area contributed by atoms with Crippen molar-refractivity contribution in [2.75, 3.05) is 0 Å². The molecule has 0 heterocycles. The van der Waals surface area contributed by atoms with Crippen LogP contribution >= 0.6 is 0 Å². The average molecular weight is 465 g/mol. The van der Waals surface area contributed by atoms with Crippen molar-refractivity contribution in [2.45, 2.75) is 108 Å². The quantitative estimate of drug-likeness (QED) is 0.164. The molecule has 0 spiro atoms. The van der Waals surface area contributed by atoms with Crippen LogP contribution in [0, 0.1) is 0 Å². The molecule has 3 rings (SSSR count). The number of unbranched alkanes of at least 4 members (excludes halogenated alkanes) is 10. The molecule has 0 N–H and O–H groups in total. The van der Waals surface area contributed by atoms with Gasteiger partial charge in [0.2, 0.25) is 0 Å². The predicted molar refractivity (Wildman–Crippen MR) is 137 cm³/mol. The van der Waals surface area contributed by atoms with E-state index in [4.69, 9.17) is 0 Å². The molecule has 0 aliphatic heterocycles. The molecule has 2 aromatic carbocycles. The van der Waals surface area contributed by atoms with Crippen LogP contribution in [0.15, 0.2) is 48.5 Å². The maximum absolute atomic E-state index is 2.30. The van der Waals surface area contributed by atoms with E-state index in [1.165, 1.54) is 86.5 Å². The van der Waals surface area contributed by atoms with Crippen LogP contribution in [0.2, 0.25) is 10.5 Å². The topological polar surface area (TPSA) is 0 Å². The average Bonchev–Trinajstić information content (AvgIpc) is 3.16. The van der Waals surface area contributed by atoms with E-state index in [1.54, 1.807) is 23.3 Å². The maximum Gasteiger partial charge on any atom is -0.00135 e. The van der Waals surface area contributed by atoms with Gasteiger partial charge in [-0.25, -0.2) is 0 Å². The Morgan fingerprint density at radius 1 is 0.533 bits per heavy atom. The van der Waals surface area contributed by atoms with Crippen LogP contribution in [0.5, 0.6) is 0 Å². The van der Waals surface area contributed by atoms with Crippen LogP contribution < -0.4 is 0 Å². The number of hydrogen-bond acceptors (Lipinski definition) is 0. The number of benzene rings is 2. The normalized spacial score (nSPS) is 11.5. The van der Waals surface area contributed by atoms with Crippen molar-refractivity contribution in [3.8, 4) is 11.1 Å². The van der Waals surface area contributed by atoms with Crippen molar-refractivity contribution >= 4 is 15.4 Å². The molecule has 0 atom stereocenters. The van der Waals surface area contributed by atoms with Gasteiger partial charge in [-0.2, -0.15) is 0 Å². The Balaban J connectivity index is 0.000000218. The fourth-order valence-corrected chi connectivity index (χ4v) is 6.89. The predicted octanol–water partition coefficient (Wildman–Crippen LogP) is 9.51. The van der Waals surface area contributed by atoms with Gasteiger partial charge in [0.25, 0.3) is 0 Å². The standard InChI is InChI=1S/C16H34Ge.C13H10/c1-3-5-7-9-11-13-15-17-16-14-12-10-8-6-4-2;1-3-7-12-10(5-1)9-11-6-2-4-8-13(11)12/h3-16H2,1-2H3;1-8H,9H2. The largest absolute Gasteiger partial charge is 0.0619 e. The summed E-state index contributed by atoms with van der Waals surface area (Å²) in [5, 5.41) is 3.22. The first-order valence-corrected chi connectivity index (χ1v) is 15.7. The van der Waals surface area contributed by atoms with Crippen molar-refractivity contribution in [2.24, 2.45) is 0 Å². The molecule has 164 valence electrons. The van der Waals surface area contributed by atoms with Crippen LogP contribution in [0.3, 0.4) is 0 Å². The van der Waals surface area contributed by atoms with Gasteiger partial charge in [-0.15, -0.1) is 0 Å². The zero-order chi connectivity index (χ0) is 21.3. The number of hydrogen-bond donors (Lipinski definition) is 0. The van der Waals surface area contributed by atoms with Gasteiger partial charge in [-0.3, -0.25) is 0 Å². The van der Waals surface area contributed by atoms with Crippen molar-refractivity contribution in [3.63, 3.8) is 0 Å². The molecule has 0 bridgehead atoms. The van der Waals surface area contributed by atoms with Gasteiger partial charge < -0.3 is 0 Å². The van der Waals surface area contributed by atoms with Gasteiger partial charge in [0, 0.05) is 0 Å². The van der Waals surface area contributed by atoms with Gasteiger partial charge in [-0.05, 0) is 28.7 Å². The van der Waals surface area contributed by atoms with E-state index in [9.17, 15) is 0 Å². The molecule has 1 aliphatic carbocycles. The Hall–Kier alpha value is -1.02. The second-order valence-corrected chi connectivity index (χ2v) is 11.9. The number of rotatable bonds is 14. The molecule has 0 saturated heterocycles. The van der Waals surface area contributed by atoms with E-state index >= 15 is 0 Å². The van der Waals surface area contributed by atoms with Gasteiger partial charge >= 0.3 is 117 Å². The summed E-state index contributed by atoms with van der Waals surface area (Å²) in [6.07, 6.45) is 18.8. The Morgan fingerprint density at radius 2 is 0.933 bits per heavy atom. The Kier molecular flexibility index (Phi) is 14.0. The summed E-state index contributed by atoms with van der Waals surface area (Å²) in [6.45, 7) is 4.60. The summed E-state index contributed by atoms with van der Waals surface area (Å²) < 4.78 is 0. The minimum atomic E-state index is 0.448. The van der Waals surface area contributed by atoms with Gasteiger partial charge in [0.1, 0.15) is 0 Å². The van der Waals surface area contributed by atoms with E-state index in [1.807, 2.05) is 0 Å². The molecular weight excluding hydrogens is 421 g/mol. The number of fused-ring (bicyclic) bond motifs is 3. The first-order valence-electron chi connectivity index (χ1n) is 12.7. The summed E-state index contributed by atoms with van der Waals surface area (Å²) in [5.41, 5.74) is 5.75. The van der Waals surface area contributed by atoms with Crippen molar-refractivity contribution in [1.82, 2.24) is 0 Å². The van der Waals surface area contributed by atoms with E-state index in [0.29, 0.717) is 15.4 Å². The zero-order valence-electron chi connectivity index (χ0n) is 19.7. The van der Waals surface area contributed by atoms with Crippen molar-refractivity contribution < 1.29 is 0 Å². The molecular formula is C29H44Ge. The molecule has 0 aromatic heterocycles. The summed E-state index contributed by atoms with van der Waals surface area (Å²) in [6, 6.07) is 17.3. The molecule has 0 amide bonds. The second-order valence-electron chi connectivity index (χ2n) is 8.78. The maximum atomic E-state index is 2.30. The van der Waals surface area contributed by atoms with Crippen LogP contribution in [-0.2, 0) is 6.42 Å². The van der Waals surface area contributed by atoms with Crippen LogP contribution in [0.4, 0.5) is 0 Å². The first-order chi connectivity index (χ1) is 14.9. The minimum Gasteiger partial charge on any atom is -0.0619 e. The minimum absolute atomic E-state index is 0.448. The fraction of sp³-hybridized carbons (Fsp3) is 0.586. The van der Waals surface area contributed by atoms with Crippen LogP contribution in [-0.4, -0.2) is 15.4 Å². The second kappa shape index (κ2) is 16.6. The monoisotopic (exact) mass is 466 g/mol. The van der Waals surface area contributed by atoms with Gasteiger partial charge in [0.15, 0.2) is 0 Å².